The lowest BCUT2D eigenvalue weighted by atomic mass is 9.88. The number of amidine groups is 1. The maximum absolute atomic E-state index is 12.9. The number of nitrogens with two attached hydrogens (primary N) is 1. The van der Waals surface area contributed by atoms with Crippen molar-refractivity contribution in [1.82, 2.24) is 0 Å². The van der Waals surface area contributed by atoms with E-state index in [0.29, 0.717) is 6.42 Å². The Morgan fingerprint density at radius 1 is 1.39 bits per heavy atom. The summed E-state index contributed by atoms with van der Waals surface area (Å²) >= 11 is 0. The Labute approximate surface area is 104 Å². The van der Waals surface area contributed by atoms with E-state index in [9.17, 15) is 8.78 Å². The number of hydrogen-bond acceptors (Lipinski definition) is 3. The fraction of sp³-hybridized carbons (Fsp3) is 0.417. The van der Waals surface area contributed by atoms with Crippen molar-refractivity contribution >= 4 is 5.84 Å². The second kappa shape index (κ2) is 5.66. The van der Waals surface area contributed by atoms with Gasteiger partial charge in [0, 0.05) is 11.5 Å². The Kier molecular flexibility index (Phi) is 4.47. The minimum atomic E-state index is -0.955. The van der Waals surface area contributed by atoms with Crippen molar-refractivity contribution in [3.05, 3.63) is 29.8 Å². The Hall–Kier alpha value is -1.85. The van der Waals surface area contributed by atoms with Crippen LogP contribution in [0.2, 0.25) is 0 Å². The molecule has 6 heteroatoms. The molecule has 0 fully saturated rings. The molecule has 1 aromatic carbocycles. The SMILES string of the molecule is CC(C)(CCOc1ccc(F)c(F)c1)C(N)=NO. The third-order valence-electron chi connectivity index (χ3n) is 2.69. The van der Waals surface area contributed by atoms with Crippen molar-refractivity contribution in [2.24, 2.45) is 16.3 Å². The molecule has 0 radical (unpaired) electrons. The first-order chi connectivity index (χ1) is 8.36. The molecule has 1 rings (SSSR count). The van der Waals surface area contributed by atoms with Gasteiger partial charge >= 0.3 is 0 Å². The zero-order valence-corrected chi connectivity index (χ0v) is 10.3. The standard InChI is InChI=1S/C12H16F2N2O2/c1-12(2,11(15)16-17)5-6-18-8-3-4-9(13)10(14)7-8/h3-4,7,17H,5-6H2,1-2H3,(H2,15,16). The zero-order chi connectivity index (χ0) is 13.8. The van der Waals surface area contributed by atoms with Gasteiger partial charge in [0.2, 0.25) is 0 Å². The van der Waals surface area contributed by atoms with Crippen molar-refractivity contribution in [2.75, 3.05) is 6.61 Å². The van der Waals surface area contributed by atoms with E-state index < -0.39 is 17.0 Å². The number of nitrogens with zero attached hydrogens (tertiary/aromatic N) is 1. The lowest BCUT2D eigenvalue weighted by Gasteiger charge is -2.22. The van der Waals surface area contributed by atoms with Gasteiger partial charge in [-0.3, -0.25) is 0 Å². The second-order valence-corrected chi connectivity index (χ2v) is 4.54. The molecule has 0 aliphatic heterocycles. The number of rotatable bonds is 5. The van der Waals surface area contributed by atoms with Crippen LogP contribution < -0.4 is 10.5 Å². The molecular formula is C12H16F2N2O2. The first-order valence-corrected chi connectivity index (χ1v) is 5.42. The average molecular weight is 258 g/mol. The largest absolute Gasteiger partial charge is 0.493 e. The molecule has 0 aromatic heterocycles. The smallest absolute Gasteiger partial charge is 0.162 e. The molecule has 3 N–H and O–H groups in total. The predicted molar refractivity (Wildman–Crippen MR) is 63.7 cm³/mol. The van der Waals surface area contributed by atoms with Crippen LogP contribution >= 0.6 is 0 Å². The van der Waals surface area contributed by atoms with Crippen LogP contribution in [0.5, 0.6) is 5.75 Å². The number of benzene rings is 1. The van der Waals surface area contributed by atoms with E-state index in [0.717, 1.165) is 12.1 Å². The molecule has 100 valence electrons. The highest BCUT2D eigenvalue weighted by molar-refractivity contribution is 5.85. The van der Waals surface area contributed by atoms with E-state index >= 15 is 0 Å². The van der Waals surface area contributed by atoms with Gasteiger partial charge in [-0.2, -0.15) is 0 Å². The van der Waals surface area contributed by atoms with Crippen LogP contribution in [0.4, 0.5) is 8.78 Å². The van der Waals surface area contributed by atoms with Gasteiger partial charge in [0.15, 0.2) is 11.6 Å². The maximum Gasteiger partial charge on any atom is 0.162 e. The van der Waals surface area contributed by atoms with Crippen LogP contribution in [0, 0.1) is 17.0 Å². The topological polar surface area (TPSA) is 67.8 Å². The van der Waals surface area contributed by atoms with Crippen molar-refractivity contribution in [3.63, 3.8) is 0 Å². The van der Waals surface area contributed by atoms with Gasteiger partial charge in [0.05, 0.1) is 6.61 Å². The van der Waals surface area contributed by atoms with E-state index in [1.807, 2.05) is 0 Å². The Morgan fingerprint density at radius 3 is 2.61 bits per heavy atom. The fourth-order valence-corrected chi connectivity index (χ4v) is 1.25. The third-order valence-corrected chi connectivity index (χ3v) is 2.69. The Bertz CT molecular complexity index is 448. The van der Waals surface area contributed by atoms with Gasteiger partial charge < -0.3 is 15.7 Å². The summed E-state index contributed by atoms with van der Waals surface area (Å²) in [6.45, 7) is 3.82. The van der Waals surface area contributed by atoms with Gasteiger partial charge in [-0.25, -0.2) is 8.78 Å². The molecule has 4 nitrogen and oxygen atoms in total. The van der Waals surface area contributed by atoms with Crippen LogP contribution in [0.15, 0.2) is 23.4 Å². The van der Waals surface area contributed by atoms with Crippen LogP contribution in [0.1, 0.15) is 20.3 Å². The summed E-state index contributed by atoms with van der Waals surface area (Å²) in [5.74, 6) is -1.54. The first-order valence-electron chi connectivity index (χ1n) is 5.42. The molecule has 0 aliphatic rings. The molecule has 0 unspecified atom stereocenters. The molecule has 0 heterocycles. The number of ether oxygens (including phenoxy) is 1. The van der Waals surface area contributed by atoms with Crippen LogP contribution in [-0.4, -0.2) is 17.6 Å². The zero-order valence-electron chi connectivity index (χ0n) is 10.3. The summed E-state index contributed by atoms with van der Waals surface area (Å²) in [5.41, 5.74) is 4.97. The van der Waals surface area contributed by atoms with E-state index in [2.05, 4.69) is 5.16 Å². The van der Waals surface area contributed by atoms with Crippen LogP contribution in [0.25, 0.3) is 0 Å². The van der Waals surface area contributed by atoms with E-state index in [-0.39, 0.29) is 18.2 Å². The van der Waals surface area contributed by atoms with Crippen LogP contribution in [0.3, 0.4) is 0 Å². The molecule has 0 spiro atoms. The fourth-order valence-electron chi connectivity index (χ4n) is 1.25. The highest BCUT2D eigenvalue weighted by Crippen LogP contribution is 2.22. The molecular weight excluding hydrogens is 242 g/mol. The van der Waals surface area contributed by atoms with Crippen molar-refractivity contribution < 1.29 is 18.7 Å². The predicted octanol–water partition coefficient (Wildman–Crippen LogP) is 2.51. The van der Waals surface area contributed by atoms with E-state index in [1.54, 1.807) is 13.8 Å². The first kappa shape index (κ1) is 14.2. The molecule has 0 bridgehead atoms. The summed E-state index contributed by atoms with van der Waals surface area (Å²) in [7, 11) is 0. The van der Waals surface area contributed by atoms with Gasteiger partial charge in [-0.05, 0) is 18.6 Å². The van der Waals surface area contributed by atoms with Gasteiger partial charge in [0.1, 0.15) is 11.6 Å². The number of oxime groups is 1. The highest BCUT2D eigenvalue weighted by atomic mass is 19.2. The van der Waals surface area contributed by atoms with Crippen molar-refractivity contribution in [1.29, 1.82) is 0 Å². The summed E-state index contributed by atoms with van der Waals surface area (Å²) in [4.78, 5) is 0. The summed E-state index contributed by atoms with van der Waals surface area (Å²) in [6, 6.07) is 3.32. The second-order valence-electron chi connectivity index (χ2n) is 4.54. The van der Waals surface area contributed by atoms with Crippen LogP contribution in [-0.2, 0) is 0 Å². The lowest BCUT2D eigenvalue weighted by Crippen LogP contribution is -2.33. The van der Waals surface area contributed by atoms with Gasteiger partial charge in [0.25, 0.3) is 0 Å². The Morgan fingerprint density at radius 2 is 2.06 bits per heavy atom. The summed E-state index contributed by atoms with van der Waals surface area (Å²) in [6.07, 6.45) is 0.474. The number of hydrogen-bond donors (Lipinski definition) is 2. The quantitative estimate of drug-likeness (QED) is 0.369. The minimum Gasteiger partial charge on any atom is -0.493 e. The third kappa shape index (κ3) is 3.58. The van der Waals surface area contributed by atoms with Gasteiger partial charge in [-0.1, -0.05) is 19.0 Å². The van der Waals surface area contributed by atoms with Gasteiger partial charge in [-0.15, -0.1) is 0 Å². The summed E-state index contributed by atoms with van der Waals surface area (Å²) < 4.78 is 30.8. The average Bonchev–Trinajstić information content (AvgIpc) is 2.32. The molecule has 0 saturated carbocycles. The highest BCUT2D eigenvalue weighted by Gasteiger charge is 2.23. The van der Waals surface area contributed by atoms with E-state index in [1.165, 1.54) is 6.07 Å². The molecule has 0 saturated heterocycles. The molecule has 0 aliphatic carbocycles. The Balaban J connectivity index is 2.54. The minimum absolute atomic E-state index is 0.0939. The number of halogens is 2. The maximum atomic E-state index is 12.9. The molecule has 0 amide bonds. The summed E-state index contributed by atoms with van der Waals surface area (Å²) in [5, 5.41) is 11.5. The lowest BCUT2D eigenvalue weighted by molar-refractivity contribution is 0.258. The van der Waals surface area contributed by atoms with E-state index in [4.69, 9.17) is 15.7 Å². The van der Waals surface area contributed by atoms with Crippen molar-refractivity contribution in [2.45, 2.75) is 20.3 Å². The molecule has 1 aromatic rings. The monoisotopic (exact) mass is 258 g/mol. The van der Waals surface area contributed by atoms with Crippen molar-refractivity contribution in [3.8, 4) is 5.75 Å². The normalized spacial score (nSPS) is 12.6. The molecule has 18 heavy (non-hydrogen) atoms. The molecule has 0 atom stereocenters.